The van der Waals surface area contributed by atoms with Crippen molar-refractivity contribution in [2.45, 2.75) is 32.7 Å². The van der Waals surface area contributed by atoms with Gasteiger partial charge in [-0.1, -0.05) is 5.21 Å². The number of aryl methyl sites for hydroxylation is 1. The van der Waals surface area contributed by atoms with Crippen LogP contribution in [0.3, 0.4) is 0 Å². The monoisotopic (exact) mass is 300 g/mol. The Labute approximate surface area is 129 Å². The van der Waals surface area contributed by atoms with Crippen LogP contribution in [0.25, 0.3) is 0 Å². The van der Waals surface area contributed by atoms with Crippen molar-refractivity contribution in [2.75, 3.05) is 18.4 Å². The highest BCUT2D eigenvalue weighted by Crippen LogP contribution is 2.20. The molecule has 2 N–H and O–H groups in total. The number of nitrogens with zero attached hydrogens (tertiary/aromatic N) is 4. The maximum atomic E-state index is 12.4. The Kier molecular flexibility index (Phi) is 4.15. The number of amides is 1. The summed E-state index contributed by atoms with van der Waals surface area (Å²) in [6, 6.07) is 2.19. The summed E-state index contributed by atoms with van der Waals surface area (Å²) in [5.41, 5.74) is 2.85. The van der Waals surface area contributed by atoms with Crippen LogP contribution in [0.5, 0.6) is 0 Å². The van der Waals surface area contributed by atoms with Crippen molar-refractivity contribution in [3.8, 4) is 0 Å². The topological polar surface area (TPSA) is 84.7 Å². The first-order chi connectivity index (χ1) is 10.6. The third-order valence-corrected chi connectivity index (χ3v) is 3.93. The van der Waals surface area contributed by atoms with E-state index in [1.54, 1.807) is 12.4 Å². The van der Waals surface area contributed by atoms with Crippen LogP contribution in [-0.4, -0.2) is 39.0 Å². The van der Waals surface area contributed by atoms with Gasteiger partial charge in [0.1, 0.15) is 0 Å². The van der Waals surface area contributed by atoms with Gasteiger partial charge in [-0.15, -0.1) is 5.10 Å². The van der Waals surface area contributed by atoms with Gasteiger partial charge in [0.05, 0.1) is 23.6 Å². The Balaban J connectivity index is 1.77. The zero-order valence-corrected chi connectivity index (χ0v) is 12.8. The van der Waals surface area contributed by atoms with Gasteiger partial charge >= 0.3 is 0 Å². The van der Waals surface area contributed by atoms with Gasteiger partial charge < -0.3 is 10.6 Å². The minimum atomic E-state index is -0.245. The lowest BCUT2D eigenvalue weighted by Crippen LogP contribution is -2.30. The fourth-order valence-corrected chi connectivity index (χ4v) is 2.76. The summed E-state index contributed by atoms with van der Waals surface area (Å²) >= 11 is 0. The molecular formula is C15H20N6O. The Morgan fingerprint density at radius 3 is 2.82 bits per heavy atom. The first-order valence-electron chi connectivity index (χ1n) is 7.50. The summed E-state index contributed by atoms with van der Waals surface area (Å²) in [6.45, 7) is 5.77. The molecule has 0 aromatic carbocycles. The van der Waals surface area contributed by atoms with Crippen LogP contribution in [0.4, 0.5) is 5.69 Å². The largest absolute Gasteiger partial charge is 0.319 e. The molecule has 1 aliphatic rings. The number of anilines is 1. The van der Waals surface area contributed by atoms with Crippen LogP contribution in [0, 0.1) is 13.8 Å². The number of piperidine rings is 1. The van der Waals surface area contributed by atoms with Gasteiger partial charge in [0, 0.05) is 6.20 Å². The predicted octanol–water partition coefficient (Wildman–Crippen LogP) is 1.47. The van der Waals surface area contributed by atoms with Crippen LogP contribution < -0.4 is 10.6 Å². The van der Waals surface area contributed by atoms with Crippen LogP contribution in [0.2, 0.25) is 0 Å². The van der Waals surface area contributed by atoms with Gasteiger partial charge in [-0.25, -0.2) is 4.68 Å². The highest BCUT2D eigenvalue weighted by Gasteiger charge is 2.22. The maximum absolute atomic E-state index is 12.4. The summed E-state index contributed by atoms with van der Waals surface area (Å²) in [4.78, 5) is 16.4. The quantitative estimate of drug-likeness (QED) is 0.896. The maximum Gasteiger partial charge on any atom is 0.278 e. The molecule has 0 atom stereocenters. The second kappa shape index (κ2) is 6.23. The number of aromatic nitrogens is 4. The molecular weight excluding hydrogens is 280 g/mol. The van der Waals surface area contributed by atoms with E-state index >= 15 is 0 Å². The molecule has 0 spiro atoms. The molecule has 0 aliphatic carbocycles. The predicted molar refractivity (Wildman–Crippen MR) is 82.8 cm³/mol. The average molecular weight is 300 g/mol. The highest BCUT2D eigenvalue weighted by atomic mass is 16.2. The van der Waals surface area contributed by atoms with Crippen molar-refractivity contribution in [2.24, 2.45) is 0 Å². The number of carbonyl (C=O) groups is 1. The Hall–Kier alpha value is -2.28. The van der Waals surface area contributed by atoms with Crippen molar-refractivity contribution >= 4 is 11.6 Å². The Bertz CT molecular complexity index is 674. The van der Waals surface area contributed by atoms with Gasteiger partial charge in [-0.3, -0.25) is 9.78 Å². The molecule has 1 aliphatic heterocycles. The first-order valence-corrected chi connectivity index (χ1v) is 7.50. The van der Waals surface area contributed by atoms with E-state index in [1.807, 2.05) is 24.6 Å². The average Bonchev–Trinajstić information content (AvgIpc) is 2.90. The molecule has 0 bridgehead atoms. The smallest absolute Gasteiger partial charge is 0.278 e. The van der Waals surface area contributed by atoms with Crippen molar-refractivity contribution in [3.63, 3.8) is 0 Å². The zero-order valence-electron chi connectivity index (χ0n) is 12.8. The van der Waals surface area contributed by atoms with Gasteiger partial charge in [-0.2, -0.15) is 0 Å². The molecule has 0 saturated carbocycles. The first kappa shape index (κ1) is 14.6. The number of rotatable bonds is 3. The SMILES string of the molecule is Cc1cncc(NC(=O)c2nnn(C3CCNCC3)c2C)c1. The van der Waals surface area contributed by atoms with Crippen molar-refractivity contribution in [1.29, 1.82) is 0 Å². The van der Waals surface area contributed by atoms with Crippen LogP contribution in [0.15, 0.2) is 18.5 Å². The van der Waals surface area contributed by atoms with Crippen LogP contribution >= 0.6 is 0 Å². The lowest BCUT2D eigenvalue weighted by Gasteiger charge is -2.23. The fraction of sp³-hybridized carbons (Fsp3) is 0.467. The van der Waals surface area contributed by atoms with E-state index in [0.29, 0.717) is 17.4 Å². The molecule has 7 heteroatoms. The Morgan fingerprint density at radius 2 is 2.09 bits per heavy atom. The summed E-state index contributed by atoms with van der Waals surface area (Å²) in [6.07, 6.45) is 5.38. The minimum absolute atomic E-state index is 0.245. The standard InChI is InChI=1S/C15H20N6O/c1-10-7-12(9-17-8-10)18-15(22)14-11(2)21(20-19-14)13-3-5-16-6-4-13/h7-9,13,16H,3-6H2,1-2H3,(H,18,22). The minimum Gasteiger partial charge on any atom is -0.319 e. The van der Waals surface area contributed by atoms with E-state index in [1.165, 1.54) is 0 Å². The molecule has 2 aromatic rings. The molecule has 1 saturated heterocycles. The van der Waals surface area contributed by atoms with E-state index in [-0.39, 0.29) is 5.91 Å². The zero-order chi connectivity index (χ0) is 15.5. The lowest BCUT2D eigenvalue weighted by molar-refractivity contribution is 0.102. The van der Waals surface area contributed by atoms with Crippen molar-refractivity contribution < 1.29 is 4.79 Å². The van der Waals surface area contributed by atoms with E-state index in [4.69, 9.17) is 0 Å². The van der Waals surface area contributed by atoms with Crippen LogP contribution in [0.1, 0.15) is 40.6 Å². The molecule has 22 heavy (non-hydrogen) atoms. The van der Waals surface area contributed by atoms with Crippen molar-refractivity contribution in [3.05, 3.63) is 35.4 Å². The second-order valence-electron chi connectivity index (χ2n) is 5.65. The normalized spacial score (nSPS) is 15.7. The number of pyridine rings is 1. The Morgan fingerprint density at radius 1 is 1.32 bits per heavy atom. The number of hydrogen-bond donors (Lipinski definition) is 2. The van der Waals surface area contributed by atoms with E-state index < -0.39 is 0 Å². The molecule has 1 fully saturated rings. The fourth-order valence-electron chi connectivity index (χ4n) is 2.76. The molecule has 2 aromatic heterocycles. The molecule has 0 unspecified atom stereocenters. The summed E-state index contributed by atoms with van der Waals surface area (Å²) in [5.74, 6) is -0.245. The third-order valence-electron chi connectivity index (χ3n) is 3.93. The summed E-state index contributed by atoms with van der Waals surface area (Å²) in [5, 5.41) is 14.4. The third kappa shape index (κ3) is 2.99. The molecule has 1 amide bonds. The molecule has 3 rings (SSSR count). The van der Waals surface area contributed by atoms with Gasteiger partial charge in [0.25, 0.3) is 5.91 Å². The summed E-state index contributed by atoms with van der Waals surface area (Å²) in [7, 11) is 0. The summed E-state index contributed by atoms with van der Waals surface area (Å²) < 4.78 is 1.88. The van der Waals surface area contributed by atoms with Crippen molar-refractivity contribution in [1.82, 2.24) is 25.3 Å². The molecule has 0 radical (unpaired) electrons. The second-order valence-corrected chi connectivity index (χ2v) is 5.65. The van der Waals surface area contributed by atoms with E-state index in [0.717, 1.165) is 37.2 Å². The number of carbonyl (C=O) groups excluding carboxylic acids is 1. The molecule has 3 heterocycles. The van der Waals surface area contributed by atoms with Gasteiger partial charge in [-0.05, 0) is 51.4 Å². The van der Waals surface area contributed by atoms with E-state index in [9.17, 15) is 4.79 Å². The van der Waals surface area contributed by atoms with Gasteiger partial charge in [0.2, 0.25) is 0 Å². The van der Waals surface area contributed by atoms with Gasteiger partial charge in [0.15, 0.2) is 5.69 Å². The number of nitrogens with one attached hydrogen (secondary N) is 2. The number of hydrogen-bond acceptors (Lipinski definition) is 5. The lowest BCUT2D eigenvalue weighted by atomic mass is 10.1. The molecule has 7 nitrogen and oxygen atoms in total. The highest BCUT2D eigenvalue weighted by molar-refractivity contribution is 6.03. The van der Waals surface area contributed by atoms with Crippen LogP contribution in [-0.2, 0) is 0 Å². The van der Waals surface area contributed by atoms with E-state index in [2.05, 4.69) is 25.9 Å². The molecule has 116 valence electrons.